The summed E-state index contributed by atoms with van der Waals surface area (Å²) in [6, 6.07) is 0. The van der Waals surface area contributed by atoms with Crippen LogP contribution < -0.4 is 0 Å². The van der Waals surface area contributed by atoms with Crippen molar-refractivity contribution in [3.05, 3.63) is 0 Å². The van der Waals surface area contributed by atoms with E-state index in [1.165, 1.54) is 12.8 Å². The smallest absolute Gasteiger partial charge is 0.300 e. The van der Waals surface area contributed by atoms with Crippen LogP contribution in [0.25, 0.3) is 0 Å². The van der Waals surface area contributed by atoms with E-state index in [1.54, 1.807) is 0 Å². The number of carbonyl (C=O) groups is 1. The van der Waals surface area contributed by atoms with Crippen molar-refractivity contribution in [3.63, 3.8) is 0 Å². The summed E-state index contributed by atoms with van der Waals surface area (Å²) in [7, 11) is 0. The lowest BCUT2D eigenvalue weighted by Crippen LogP contribution is -1.78. The number of carboxylic acid groups (broad SMARTS) is 1. The second-order valence-corrected chi connectivity index (χ2v) is 1.75. The normalized spacial score (nSPS) is 12.3. The molecular formula is C8H17NO2. The Bertz CT molecular complexity index is 101. The van der Waals surface area contributed by atoms with Gasteiger partial charge in [0.2, 0.25) is 0 Å². The molecule has 0 aromatic rings. The molecule has 0 amide bonds. The zero-order valence-corrected chi connectivity index (χ0v) is 7.50. The van der Waals surface area contributed by atoms with Gasteiger partial charge in [-0.3, -0.25) is 9.79 Å². The molecule has 1 rings (SSSR count). The summed E-state index contributed by atoms with van der Waals surface area (Å²) in [6.45, 7) is 6.15. The predicted molar refractivity (Wildman–Crippen MR) is 47.3 cm³/mol. The minimum absolute atomic E-state index is 0.833. The summed E-state index contributed by atoms with van der Waals surface area (Å²) in [6.07, 6.45) is 4.47. The zero-order valence-electron chi connectivity index (χ0n) is 7.50. The Hall–Kier alpha value is -0.860. The first-order valence-electron chi connectivity index (χ1n) is 3.91. The van der Waals surface area contributed by atoms with Crippen molar-refractivity contribution in [1.82, 2.24) is 0 Å². The summed E-state index contributed by atoms with van der Waals surface area (Å²) in [5, 5.41) is 7.42. The Morgan fingerprint density at radius 3 is 2.09 bits per heavy atom. The fourth-order valence-electron chi connectivity index (χ4n) is 0.456. The lowest BCUT2D eigenvalue weighted by molar-refractivity contribution is -0.134. The van der Waals surface area contributed by atoms with Crippen LogP contribution in [0.4, 0.5) is 0 Å². The summed E-state index contributed by atoms with van der Waals surface area (Å²) < 4.78 is 0. The highest BCUT2D eigenvalue weighted by atomic mass is 16.4. The van der Waals surface area contributed by atoms with Gasteiger partial charge in [0.1, 0.15) is 0 Å². The summed E-state index contributed by atoms with van der Waals surface area (Å²) >= 11 is 0. The van der Waals surface area contributed by atoms with Gasteiger partial charge in [-0.1, -0.05) is 13.8 Å². The average Bonchev–Trinajstić information content (AvgIpc) is 2.44. The quantitative estimate of drug-likeness (QED) is 0.587. The van der Waals surface area contributed by atoms with E-state index in [4.69, 9.17) is 9.90 Å². The van der Waals surface area contributed by atoms with Crippen LogP contribution >= 0.6 is 0 Å². The largest absolute Gasteiger partial charge is 0.481 e. The molecule has 0 bridgehead atoms. The second kappa shape index (κ2) is 11.9. The highest BCUT2D eigenvalue weighted by Gasteiger charge is 1.85. The van der Waals surface area contributed by atoms with Crippen molar-refractivity contribution >= 4 is 12.2 Å². The van der Waals surface area contributed by atoms with Crippen LogP contribution in [0.15, 0.2) is 4.99 Å². The molecule has 0 atom stereocenters. The van der Waals surface area contributed by atoms with E-state index in [2.05, 4.69) is 4.99 Å². The fourth-order valence-corrected chi connectivity index (χ4v) is 0.456. The third-order valence-electron chi connectivity index (χ3n) is 0.750. The Balaban J connectivity index is 0. The van der Waals surface area contributed by atoms with E-state index < -0.39 is 5.97 Å². The van der Waals surface area contributed by atoms with Gasteiger partial charge in [-0.25, -0.2) is 0 Å². The summed E-state index contributed by atoms with van der Waals surface area (Å²) in [4.78, 5) is 13.0. The standard InChI is InChI=1S/C4H7N.C2H4O2.C2H6/c1-2-4-5-3-1;1-2(3)4;1-2/h3H,1-2,4H2;1H3,(H,3,4);1-2H3. The van der Waals surface area contributed by atoms with Crippen LogP contribution in [0.5, 0.6) is 0 Å². The van der Waals surface area contributed by atoms with E-state index in [9.17, 15) is 0 Å². The van der Waals surface area contributed by atoms with Gasteiger partial charge >= 0.3 is 0 Å². The van der Waals surface area contributed by atoms with E-state index in [0.717, 1.165) is 13.5 Å². The number of carboxylic acids is 1. The lowest BCUT2D eigenvalue weighted by atomic mass is 10.4. The van der Waals surface area contributed by atoms with Crippen LogP contribution in [-0.2, 0) is 4.79 Å². The van der Waals surface area contributed by atoms with Gasteiger partial charge in [0, 0.05) is 13.5 Å². The average molecular weight is 159 g/mol. The molecule has 0 saturated heterocycles. The highest BCUT2D eigenvalue weighted by molar-refractivity contribution is 5.62. The molecule has 66 valence electrons. The number of rotatable bonds is 0. The Morgan fingerprint density at radius 1 is 1.55 bits per heavy atom. The van der Waals surface area contributed by atoms with Crippen LogP contribution in [0.2, 0.25) is 0 Å². The van der Waals surface area contributed by atoms with Gasteiger partial charge in [0.25, 0.3) is 5.97 Å². The number of hydrogen-bond acceptors (Lipinski definition) is 2. The number of nitrogens with zero attached hydrogens (tertiary/aromatic N) is 1. The molecule has 0 radical (unpaired) electrons. The molecule has 3 heteroatoms. The van der Waals surface area contributed by atoms with Gasteiger partial charge in [0.15, 0.2) is 0 Å². The van der Waals surface area contributed by atoms with Gasteiger partial charge in [0.05, 0.1) is 0 Å². The Morgan fingerprint density at radius 2 is 2.00 bits per heavy atom. The monoisotopic (exact) mass is 159 g/mol. The van der Waals surface area contributed by atoms with Crippen molar-refractivity contribution < 1.29 is 9.90 Å². The Labute approximate surface area is 68.2 Å². The molecular weight excluding hydrogens is 142 g/mol. The molecule has 0 spiro atoms. The first kappa shape index (κ1) is 12.8. The van der Waals surface area contributed by atoms with Crippen LogP contribution in [0.1, 0.15) is 33.6 Å². The second-order valence-electron chi connectivity index (χ2n) is 1.75. The molecule has 1 aliphatic heterocycles. The molecule has 0 aliphatic carbocycles. The molecule has 0 saturated carbocycles. The highest BCUT2D eigenvalue weighted by Crippen LogP contribution is 1.92. The van der Waals surface area contributed by atoms with Gasteiger partial charge in [-0.15, -0.1) is 0 Å². The number of aliphatic imine (C=N–C) groups is 1. The van der Waals surface area contributed by atoms with Crippen molar-refractivity contribution in [3.8, 4) is 0 Å². The fraction of sp³-hybridized carbons (Fsp3) is 0.750. The minimum atomic E-state index is -0.833. The van der Waals surface area contributed by atoms with Gasteiger partial charge in [-0.2, -0.15) is 0 Å². The van der Waals surface area contributed by atoms with Crippen molar-refractivity contribution in [2.75, 3.05) is 6.54 Å². The third kappa shape index (κ3) is 27.2. The maximum atomic E-state index is 9.00. The van der Waals surface area contributed by atoms with E-state index in [-0.39, 0.29) is 0 Å². The molecule has 0 aromatic carbocycles. The van der Waals surface area contributed by atoms with E-state index >= 15 is 0 Å². The van der Waals surface area contributed by atoms with E-state index in [0.29, 0.717) is 0 Å². The topological polar surface area (TPSA) is 49.7 Å². The van der Waals surface area contributed by atoms with Crippen LogP contribution in [0, 0.1) is 0 Å². The summed E-state index contributed by atoms with van der Waals surface area (Å²) in [5.74, 6) is -0.833. The third-order valence-corrected chi connectivity index (χ3v) is 0.750. The minimum Gasteiger partial charge on any atom is -0.481 e. The molecule has 0 aromatic heterocycles. The summed E-state index contributed by atoms with van der Waals surface area (Å²) in [5.41, 5.74) is 0. The molecule has 0 unspecified atom stereocenters. The first-order valence-corrected chi connectivity index (χ1v) is 3.91. The van der Waals surface area contributed by atoms with Crippen molar-refractivity contribution in [2.24, 2.45) is 4.99 Å². The molecule has 3 nitrogen and oxygen atoms in total. The molecule has 11 heavy (non-hydrogen) atoms. The van der Waals surface area contributed by atoms with Gasteiger partial charge in [-0.05, 0) is 19.1 Å². The lowest BCUT2D eigenvalue weighted by Gasteiger charge is -1.67. The number of aliphatic carboxylic acids is 1. The maximum absolute atomic E-state index is 9.00. The predicted octanol–water partition coefficient (Wildman–Crippen LogP) is 1.97. The molecule has 0 fully saturated rings. The van der Waals surface area contributed by atoms with Gasteiger partial charge < -0.3 is 5.11 Å². The van der Waals surface area contributed by atoms with Crippen molar-refractivity contribution in [1.29, 1.82) is 0 Å². The van der Waals surface area contributed by atoms with Crippen LogP contribution in [-0.4, -0.2) is 23.8 Å². The maximum Gasteiger partial charge on any atom is 0.300 e. The van der Waals surface area contributed by atoms with E-state index in [1.807, 2.05) is 20.1 Å². The Kier molecular flexibility index (Phi) is 13.8. The number of hydrogen-bond donors (Lipinski definition) is 1. The van der Waals surface area contributed by atoms with Crippen molar-refractivity contribution in [2.45, 2.75) is 33.6 Å². The zero-order chi connectivity index (χ0) is 9.11. The molecule has 1 heterocycles. The molecule has 1 N–H and O–H groups in total. The first-order chi connectivity index (χ1) is 5.23. The van der Waals surface area contributed by atoms with Crippen LogP contribution in [0.3, 0.4) is 0 Å². The molecule has 1 aliphatic rings. The SMILES string of the molecule is C1=NCCC1.CC.CC(=O)O.